The van der Waals surface area contributed by atoms with E-state index in [0.717, 1.165) is 11.2 Å². The number of carbonyl (C=O) groups excluding carboxylic acids is 1. The molecule has 0 saturated carbocycles. The zero-order valence-electron chi connectivity index (χ0n) is 14.6. The number of hydrogen-bond donors (Lipinski definition) is 0. The summed E-state index contributed by atoms with van der Waals surface area (Å²) in [6, 6.07) is 8.08. The Morgan fingerprint density at radius 1 is 1.31 bits per heavy atom. The number of hydrogen-bond acceptors (Lipinski definition) is 4. The van der Waals surface area contributed by atoms with E-state index in [1.165, 1.54) is 12.1 Å². The summed E-state index contributed by atoms with van der Waals surface area (Å²) in [5.74, 6) is 0.265. The average Bonchev–Trinajstić information content (AvgIpc) is 2.97. The predicted molar refractivity (Wildman–Crippen MR) is 94.2 cm³/mol. The van der Waals surface area contributed by atoms with Gasteiger partial charge in [-0.25, -0.2) is 14.4 Å². The maximum Gasteiger partial charge on any atom is 0.270 e. The SMILES string of the molecule is Cc1nccc([C@@H]2CN(C(=O)c3cc4cc(F)ccc4n3C)CCO2)n1. The Kier molecular flexibility index (Phi) is 4.16. The van der Waals surface area contributed by atoms with Crippen molar-refractivity contribution in [3.63, 3.8) is 0 Å². The molecule has 2 aromatic heterocycles. The average molecular weight is 354 g/mol. The van der Waals surface area contributed by atoms with Crippen LogP contribution in [0.2, 0.25) is 0 Å². The molecule has 0 unspecified atom stereocenters. The van der Waals surface area contributed by atoms with Crippen molar-refractivity contribution in [3.8, 4) is 0 Å². The first-order chi connectivity index (χ1) is 12.5. The fourth-order valence-corrected chi connectivity index (χ4v) is 3.35. The van der Waals surface area contributed by atoms with Gasteiger partial charge in [-0.15, -0.1) is 0 Å². The number of ether oxygens (including phenoxy) is 1. The Hall–Kier alpha value is -2.80. The Morgan fingerprint density at radius 3 is 2.96 bits per heavy atom. The number of aryl methyl sites for hydroxylation is 2. The minimum atomic E-state index is -0.312. The lowest BCUT2D eigenvalue weighted by Gasteiger charge is -2.32. The van der Waals surface area contributed by atoms with Crippen LogP contribution in [-0.2, 0) is 11.8 Å². The van der Waals surface area contributed by atoms with E-state index in [2.05, 4.69) is 9.97 Å². The Balaban J connectivity index is 1.61. The van der Waals surface area contributed by atoms with E-state index in [0.29, 0.717) is 36.6 Å². The number of fused-ring (bicyclic) bond motifs is 1. The van der Waals surface area contributed by atoms with Crippen molar-refractivity contribution in [1.82, 2.24) is 19.4 Å². The van der Waals surface area contributed by atoms with Gasteiger partial charge in [0.1, 0.15) is 23.4 Å². The highest BCUT2D eigenvalue weighted by atomic mass is 19.1. The van der Waals surface area contributed by atoms with Crippen LogP contribution in [0.1, 0.15) is 28.1 Å². The van der Waals surface area contributed by atoms with Crippen LogP contribution in [0.5, 0.6) is 0 Å². The number of amides is 1. The fourth-order valence-electron chi connectivity index (χ4n) is 3.35. The van der Waals surface area contributed by atoms with E-state index in [1.54, 1.807) is 27.8 Å². The van der Waals surface area contributed by atoms with E-state index < -0.39 is 0 Å². The molecule has 1 aliphatic heterocycles. The van der Waals surface area contributed by atoms with E-state index in [1.807, 2.05) is 20.0 Å². The van der Waals surface area contributed by atoms with Gasteiger partial charge < -0.3 is 14.2 Å². The molecular weight excluding hydrogens is 335 g/mol. The summed E-state index contributed by atoms with van der Waals surface area (Å²) in [4.78, 5) is 23.3. The summed E-state index contributed by atoms with van der Waals surface area (Å²) >= 11 is 0. The second kappa shape index (κ2) is 6.49. The molecule has 1 aromatic carbocycles. The summed E-state index contributed by atoms with van der Waals surface area (Å²) in [5, 5.41) is 0.715. The number of rotatable bonds is 2. The molecule has 1 amide bonds. The maximum absolute atomic E-state index is 13.5. The van der Waals surface area contributed by atoms with Crippen molar-refractivity contribution in [2.75, 3.05) is 19.7 Å². The molecule has 0 N–H and O–H groups in total. The van der Waals surface area contributed by atoms with Crippen LogP contribution in [0.3, 0.4) is 0 Å². The lowest BCUT2D eigenvalue weighted by Crippen LogP contribution is -2.43. The van der Waals surface area contributed by atoms with Crippen molar-refractivity contribution < 1.29 is 13.9 Å². The molecule has 0 bridgehead atoms. The zero-order chi connectivity index (χ0) is 18.3. The Bertz CT molecular complexity index is 985. The van der Waals surface area contributed by atoms with Crippen molar-refractivity contribution in [1.29, 1.82) is 0 Å². The molecule has 1 fully saturated rings. The van der Waals surface area contributed by atoms with E-state index in [-0.39, 0.29) is 17.8 Å². The van der Waals surface area contributed by atoms with Gasteiger partial charge in [0.25, 0.3) is 5.91 Å². The van der Waals surface area contributed by atoms with Gasteiger partial charge >= 0.3 is 0 Å². The highest BCUT2D eigenvalue weighted by molar-refractivity contribution is 5.98. The third-order valence-corrected chi connectivity index (χ3v) is 4.70. The number of halogens is 1. The van der Waals surface area contributed by atoms with Gasteiger partial charge in [0.15, 0.2) is 0 Å². The van der Waals surface area contributed by atoms with Crippen molar-refractivity contribution in [3.05, 3.63) is 59.6 Å². The van der Waals surface area contributed by atoms with Gasteiger partial charge in [0.2, 0.25) is 0 Å². The van der Waals surface area contributed by atoms with Crippen LogP contribution in [0.4, 0.5) is 4.39 Å². The number of nitrogens with zero attached hydrogens (tertiary/aromatic N) is 4. The van der Waals surface area contributed by atoms with Gasteiger partial charge in [0.05, 0.1) is 18.8 Å². The molecule has 134 valence electrons. The normalized spacial score (nSPS) is 17.7. The summed E-state index contributed by atoms with van der Waals surface area (Å²) in [6.07, 6.45) is 1.42. The fraction of sp³-hybridized carbons (Fsp3) is 0.316. The lowest BCUT2D eigenvalue weighted by atomic mass is 10.2. The molecule has 1 aliphatic rings. The first-order valence-corrected chi connectivity index (χ1v) is 8.48. The molecule has 3 heterocycles. The molecule has 7 heteroatoms. The van der Waals surface area contributed by atoms with Gasteiger partial charge in [-0.05, 0) is 37.3 Å². The van der Waals surface area contributed by atoms with Crippen LogP contribution >= 0.6 is 0 Å². The second-order valence-corrected chi connectivity index (χ2v) is 6.43. The highest BCUT2D eigenvalue weighted by Crippen LogP contribution is 2.24. The topological polar surface area (TPSA) is 60.2 Å². The van der Waals surface area contributed by atoms with Crippen molar-refractivity contribution in [2.24, 2.45) is 7.05 Å². The minimum absolute atomic E-state index is 0.0943. The van der Waals surface area contributed by atoms with Crippen LogP contribution in [-0.4, -0.2) is 45.0 Å². The largest absolute Gasteiger partial charge is 0.368 e. The molecule has 0 aliphatic carbocycles. The van der Waals surface area contributed by atoms with Crippen LogP contribution in [0, 0.1) is 12.7 Å². The number of morpholine rings is 1. The number of benzene rings is 1. The van der Waals surface area contributed by atoms with Gasteiger partial charge in [0, 0.05) is 30.7 Å². The van der Waals surface area contributed by atoms with E-state index in [9.17, 15) is 9.18 Å². The quantitative estimate of drug-likeness (QED) is 0.710. The third kappa shape index (κ3) is 2.94. The van der Waals surface area contributed by atoms with Crippen LogP contribution in [0.15, 0.2) is 36.5 Å². The van der Waals surface area contributed by atoms with E-state index in [4.69, 9.17) is 4.74 Å². The predicted octanol–water partition coefficient (Wildman–Crippen LogP) is 2.63. The molecule has 0 radical (unpaired) electrons. The summed E-state index contributed by atoms with van der Waals surface area (Å²) < 4.78 is 21.1. The molecule has 1 saturated heterocycles. The minimum Gasteiger partial charge on any atom is -0.368 e. The molecule has 1 atom stereocenters. The smallest absolute Gasteiger partial charge is 0.270 e. The lowest BCUT2D eigenvalue weighted by molar-refractivity contribution is -0.0251. The molecule has 26 heavy (non-hydrogen) atoms. The van der Waals surface area contributed by atoms with Crippen molar-refractivity contribution >= 4 is 16.8 Å². The van der Waals surface area contributed by atoms with Gasteiger partial charge in [-0.2, -0.15) is 0 Å². The maximum atomic E-state index is 13.5. The monoisotopic (exact) mass is 354 g/mol. The Labute approximate surface area is 150 Å². The van der Waals surface area contributed by atoms with Gasteiger partial charge in [-0.1, -0.05) is 0 Å². The van der Waals surface area contributed by atoms with E-state index >= 15 is 0 Å². The molecule has 3 aromatic rings. The second-order valence-electron chi connectivity index (χ2n) is 6.43. The summed E-state index contributed by atoms with van der Waals surface area (Å²) in [7, 11) is 1.82. The molecule has 6 nitrogen and oxygen atoms in total. The first-order valence-electron chi connectivity index (χ1n) is 8.48. The van der Waals surface area contributed by atoms with Crippen molar-refractivity contribution in [2.45, 2.75) is 13.0 Å². The first kappa shape index (κ1) is 16.7. The molecular formula is C19H19FN4O2. The van der Waals surface area contributed by atoms with Crippen LogP contribution in [0.25, 0.3) is 10.9 Å². The number of carbonyl (C=O) groups is 1. The Morgan fingerprint density at radius 2 is 2.15 bits per heavy atom. The zero-order valence-corrected chi connectivity index (χ0v) is 14.6. The molecule has 4 rings (SSSR count). The summed E-state index contributed by atoms with van der Waals surface area (Å²) in [6.45, 7) is 3.20. The highest BCUT2D eigenvalue weighted by Gasteiger charge is 2.28. The molecule has 0 spiro atoms. The van der Waals surface area contributed by atoms with Crippen LogP contribution < -0.4 is 0 Å². The van der Waals surface area contributed by atoms with Gasteiger partial charge in [-0.3, -0.25) is 4.79 Å². The number of aromatic nitrogens is 3. The third-order valence-electron chi connectivity index (χ3n) is 4.70. The summed E-state index contributed by atoms with van der Waals surface area (Å²) in [5.41, 5.74) is 2.13. The standard InChI is InChI=1S/C19H19FN4O2/c1-12-21-6-5-15(22-12)18-11-24(7-8-26-18)19(25)17-10-13-9-14(20)3-4-16(13)23(17)2/h3-6,9-10,18H,7-8,11H2,1-2H3/t18-/m0/s1.